The highest BCUT2D eigenvalue weighted by Gasteiger charge is 2.25. The second-order valence-electron chi connectivity index (χ2n) is 5.94. The molecule has 0 bridgehead atoms. The molecule has 25 heavy (non-hydrogen) atoms. The lowest BCUT2D eigenvalue weighted by Crippen LogP contribution is -2.46. The molecule has 1 fully saturated rings. The molecule has 0 saturated carbocycles. The number of carbonyl (C=O) groups excluding carboxylic acids is 2. The van der Waals surface area contributed by atoms with E-state index in [1.165, 1.54) is 7.11 Å². The summed E-state index contributed by atoms with van der Waals surface area (Å²) in [5, 5.41) is 4.76. The maximum atomic E-state index is 12.6. The Morgan fingerprint density at radius 3 is 2.60 bits per heavy atom. The van der Waals surface area contributed by atoms with E-state index in [1.807, 2.05) is 24.3 Å². The van der Waals surface area contributed by atoms with Gasteiger partial charge >= 0.3 is 6.09 Å². The Bertz CT molecular complexity index is 785. The third-order valence-corrected chi connectivity index (χ3v) is 4.39. The quantitative estimate of drug-likeness (QED) is 0.924. The Kier molecular flexibility index (Phi) is 5.02. The van der Waals surface area contributed by atoms with Gasteiger partial charge in [0.2, 0.25) is 5.88 Å². The monoisotopic (exact) mass is 343 g/mol. The van der Waals surface area contributed by atoms with Crippen molar-refractivity contribution >= 4 is 22.8 Å². The number of nitrogens with one attached hydrogen (secondary N) is 1. The molecule has 0 aliphatic carbocycles. The van der Waals surface area contributed by atoms with Crippen LogP contribution >= 0.6 is 0 Å². The maximum absolute atomic E-state index is 12.6. The van der Waals surface area contributed by atoms with Crippen LogP contribution in [0.4, 0.5) is 4.79 Å². The number of aromatic nitrogens is 1. The molecular formula is C18H21N3O4. The summed E-state index contributed by atoms with van der Waals surface area (Å²) in [6.45, 7) is 1.12. The van der Waals surface area contributed by atoms with Crippen LogP contribution in [0.3, 0.4) is 0 Å². The van der Waals surface area contributed by atoms with E-state index in [1.54, 1.807) is 18.1 Å². The number of fused-ring (bicyclic) bond motifs is 1. The lowest BCUT2D eigenvalue weighted by Gasteiger charge is -2.31. The molecule has 0 atom stereocenters. The van der Waals surface area contributed by atoms with Crippen molar-refractivity contribution in [1.29, 1.82) is 0 Å². The number of benzene rings is 1. The van der Waals surface area contributed by atoms with E-state index in [0.717, 1.165) is 10.8 Å². The Morgan fingerprint density at radius 2 is 1.92 bits per heavy atom. The molecule has 0 radical (unpaired) electrons. The van der Waals surface area contributed by atoms with Crippen molar-refractivity contribution < 1.29 is 19.1 Å². The summed E-state index contributed by atoms with van der Waals surface area (Å²) in [4.78, 5) is 30.0. The molecule has 2 amide bonds. The fourth-order valence-electron chi connectivity index (χ4n) is 3.03. The molecule has 1 aromatic heterocycles. The molecular weight excluding hydrogens is 322 g/mol. The number of carbonyl (C=O) groups is 2. The van der Waals surface area contributed by atoms with Gasteiger partial charge in [-0.05, 0) is 30.4 Å². The summed E-state index contributed by atoms with van der Waals surface area (Å²) in [5.41, 5.74) is 0.325. The van der Waals surface area contributed by atoms with Crippen LogP contribution in [0.2, 0.25) is 0 Å². The third kappa shape index (κ3) is 3.65. The average Bonchev–Trinajstić information content (AvgIpc) is 2.67. The molecule has 1 N–H and O–H groups in total. The minimum Gasteiger partial charge on any atom is -0.481 e. The molecule has 1 aliphatic heterocycles. The van der Waals surface area contributed by atoms with Gasteiger partial charge in [0, 0.05) is 24.5 Å². The van der Waals surface area contributed by atoms with Crippen molar-refractivity contribution in [2.45, 2.75) is 18.9 Å². The van der Waals surface area contributed by atoms with Crippen LogP contribution < -0.4 is 10.1 Å². The van der Waals surface area contributed by atoms with Gasteiger partial charge in [0.25, 0.3) is 5.91 Å². The number of hydrogen-bond acceptors (Lipinski definition) is 5. The van der Waals surface area contributed by atoms with Crippen molar-refractivity contribution in [3.63, 3.8) is 0 Å². The van der Waals surface area contributed by atoms with Crippen molar-refractivity contribution in [3.05, 3.63) is 36.0 Å². The largest absolute Gasteiger partial charge is 0.481 e. The molecule has 1 aromatic carbocycles. The van der Waals surface area contributed by atoms with Gasteiger partial charge in [0.05, 0.1) is 14.2 Å². The number of nitrogens with zero attached hydrogens (tertiary/aromatic N) is 2. The number of likely N-dealkylation sites (tertiary alicyclic amines) is 1. The maximum Gasteiger partial charge on any atom is 0.409 e. The number of piperidine rings is 1. The number of methoxy groups -OCH3 is 2. The van der Waals surface area contributed by atoms with Crippen LogP contribution in [0.5, 0.6) is 5.88 Å². The zero-order valence-corrected chi connectivity index (χ0v) is 14.3. The Morgan fingerprint density at radius 1 is 1.20 bits per heavy atom. The molecule has 7 heteroatoms. The molecule has 2 aromatic rings. The first kappa shape index (κ1) is 17.0. The van der Waals surface area contributed by atoms with Crippen LogP contribution in [0, 0.1) is 0 Å². The van der Waals surface area contributed by atoms with E-state index < -0.39 is 0 Å². The predicted molar refractivity (Wildman–Crippen MR) is 92.8 cm³/mol. The predicted octanol–water partition coefficient (Wildman–Crippen LogP) is 2.20. The highest BCUT2D eigenvalue weighted by Crippen LogP contribution is 2.24. The summed E-state index contributed by atoms with van der Waals surface area (Å²) in [5.74, 6) is 0.198. The minimum atomic E-state index is -0.328. The lowest BCUT2D eigenvalue weighted by molar-refractivity contribution is 0.0887. The number of pyridine rings is 1. The normalized spacial score (nSPS) is 15.0. The molecule has 1 saturated heterocycles. The highest BCUT2D eigenvalue weighted by molar-refractivity contribution is 5.98. The molecule has 0 spiro atoms. The Balaban J connectivity index is 1.70. The third-order valence-electron chi connectivity index (χ3n) is 4.39. The van der Waals surface area contributed by atoms with E-state index in [9.17, 15) is 9.59 Å². The van der Waals surface area contributed by atoms with Gasteiger partial charge in [-0.25, -0.2) is 9.78 Å². The number of hydrogen-bond donors (Lipinski definition) is 1. The van der Waals surface area contributed by atoms with Gasteiger partial charge < -0.3 is 19.7 Å². The fourth-order valence-corrected chi connectivity index (χ4v) is 3.03. The van der Waals surface area contributed by atoms with Gasteiger partial charge in [-0.1, -0.05) is 18.2 Å². The first-order chi connectivity index (χ1) is 12.1. The molecule has 0 unspecified atom stereocenters. The fraction of sp³-hybridized carbons (Fsp3) is 0.389. The first-order valence-corrected chi connectivity index (χ1v) is 8.20. The smallest absolute Gasteiger partial charge is 0.409 e. The molecule has 2 heterocycles. The van der Waals surface area contributed by atoms with Crippen LogP contribution in [-0.4, -0.2) is 55.2 Å². The van der Waals surface area contributed by atoms with E-state index in [0.29, 0.717) is 37.5 Å². The second-order valence-corrected chi connectivity index (χ2v) is 5.94. The second kappa shape index (κ2) is 7.38. The zero-order chi connectivity index (χ0) is 17.8. The van der Waals surface area contributed by atoms with Crippen molar-refractivity contribution in [1.82, 2.24) is 15.2 Å². The van der Waals surface area contributed by atoms with Crippen molar-refractivity contribution in [2.75, 3.05) is 27.3 Å². The highest BCUT2D eigenvalue weighted by atomic mass is 16.5. The first-order valence-electron chi connectivity index (χ1n) is 8.20. The number of ether oxygens (including phenoxy) is 2. The average molecular weight is 343 g/mol. The molecule has 1 aliphatic rings. The molecule has 132 valence electrons. The van der Waals surface area contributed by atoms with E-state index in [-0.39, 0.29) is 18.0 Å². The van der Waals surface area contributed by atoms with Crippen LogP contribution in [-0.2, 0) is 4.74 Å². The van der Waals surface area contributed by atoms with Gasteiger partial charge in [0.15, 0.2) is 0 Å². The standard InChI is InChI=1S/C18H21N3O4/c1-24-17-14-6-4-3-5-12(14)11-15(20-17)16(22)19-13-7-9-21(10-8-13)18(23)25-2/h3-6,11,13H,7-10H2,1-2H3,(H,19,22). The number of amides is 2. The summed E-state index contributed by atoms with van der Waals surface area (Å²) in [7, 11) is 2.91. The van der Waals surface area contributed by atoms with Crippen LogP contribution in [0.1, 0.15) is 23.3 Å². The van der Waals surface area contributed by atoms with Gasteiger partial charge in [-0.15, -0.1) is 0 Å². The summed E-state index contributed by atoms with van der Waals surface area (Å²) in [6, 6.07) is 9.41. The summed E-state index contributed by atoms with van der Waals surface area (Å²) < 4.78 is 10.0. The van der Waals surface area contributed by atoms with E-state index in [2.05, 4.69) is 10.3 Å². The summed E-state index contributed by atoms with van der Waals surface area (Å²) >= 11 is 0. The number of rotatable bonds is 3. The van der Waals surface area contributed by atoms with Gasteiger partial charge in [-0.2, -0.15) is 0 Å². The SMILES string of the molecule is COC(=O)N1CCC(NC(=O)c2cc3ccccc3c(OC)n2)CC1. The zero-order valence-electron chi connectivity index (χ0n) is 14.3. The summed E-state index contributed by atoms with van der Waals surface area (Å²) in [6.07, 6.45) is 1.04. The topological polar surface area (TPSA) is 80.8 Å². The van der Waals surface area contributed by atoms with Crippen LogP contribution in [0.25, 0.3) is 10.8 Å². The van der Waals surface area contributed by atoms with E-state index in [4.69, 9.17) is 9.47 Å². The van der Waals surface area contributed by atoms with Crippen LogP contribution in [0.15, 0.2) is 30.3 Å². The van der Waals surface area contributed by atoms with E-state index >= 15 is 0 Å². The Hall–Kier alpha value is -2.83. The van der Waals surface area contributed by atoms with Crippen molar-refractivity contribution in [3.8, 4) is 5.88 Å². The minimum absolute atomic E-state index is 0.00710. The van der Waals surface area contributed by atoms with Gasteiger partial charge in [-0.3, -0.25) is 4.79 Å². The molecule has 7 nitrogen and oxygen atoms in total. The Labute approximate surface area is 145 Å². The van der Waals surface area contributed by atoms with Gasteiger partial charge in [0.1, 0.15) is 5.69 Å². The van der Waals surface area contributed by atoms with Crippen molar-refractivity contribution in [2.24, 2.45) is 0 Å². The molecule has 3 rings (SSSR count). The lowest BCUT2D eigenvalue weighted by atomic mass is 10.0.